The molecule has 0 aliphatic heterocycles. The number of rotatable bonds is 8. The van der Waals surface area contributed by atoms with Gasteiger partial charge in [0.25, 0.3) is 0 Å². The zero-order valence-corrected chi connectivity index (χ0v) is 20.4. The minimum atomic E-state index is -4.13. The van der Waals surface area contributed by atoms with Gasteiger partial charge in [-0.05, 0) is 50.5 Å². The first kappa shape index (κ1) is 25.2. The number of hydrogen-bond donors (Lipinski definition) is 2. The van der Waals surface area contributed by atoms with Crippen LogP contribution >= 0.6 is 0 Å². The summed E-state index contributed by atoms with van der Waals surface area (Å²) in [5, 5.41) is 3.40. The summed E-state index contributed by atoms with van der Waals surface area (Å²) < 4.78 is 66.8. The molecule has 0 saturated heterocycles. The summed E-state index contributed by atoms with van der Waals surface area (Å²) in [6.45, 7) is 2.52. The van der Waals surface area contributed by atoms with Crippen LogP contribution in [0.3, 0.4) is 0 Å². The van der Waals surface area contributed by atoms with Crippen molar-refractivity contribution in [2.24, 2.45) is 0 Å². The quantitative estimate of drug-likeness (QED) is 0.408. The second-order valence-corrected chi connectivity index (χ2v) is 11.0. The Morgan fingerprint density at radius 3 is 2.54 bits per heavy atom. The summed E-state index contributed by atoms with van der Waals surface area (Å²) in [5.41, 5.74) is 2.68. The van der Waals surface area contributed by atoms with Gasteiger partial charge < -0.3 is 5.32 Å². The molecule has 0 bridgehead atoms. The molecule has 1 aliphatic carbocycles. The second-order valence-electron chi connectivity index (χ2n) is 9.17. The number of nitrogens with one attached hydrogen (secondary N) is 2. The highest BCUT2D eigenvalue weighted by Gasteiger charge is 2.25. The second kappa shape index (κ2) is 9.96. The Hall–Kier alpha value is -2.95. The standard InChI is InChI=1S/C24H28F3N5O2S/c1-15-12-20(30-21-14-28-23(31-22(15)21)29-17-6-4-3-5-7-17)16-8-9-19(18(25)13-16)32-35(33,34)11-10-24(2,26)27/h8-9,12-14,17,32H,3-7,10-11H2,1-2H3,(H,28,29,31). The van der Waals surface area contributed by atoms with Crippen molar-refractivity contribution < 1.29 is 21.6 Å². The van der Waals surface area contributed by atoms with Crippen molar-refractivity contribution in [3.05, 3.63) is 41.8 Å². The molecule has 1 saturated carbocycles. The Bertz CT molecular complexity index is 1320. The Morgan fingerprint density at radius 1 is 1.11 bits per heavy atom. The highest BCUT2D eigenvalue weighted by Crippen LogP contribution is 2.28. The summed E-state index contributed by atoms with van der Waals surface area (Å²) in [4.78, 5) is 13.6. The van der Waals surface area contributed by atoms with Crippen LogP contribution in [0.2, 0.25) is 0 Å². The van der Waals surface area contributed by atoms with E-state index in [0.29, 0.717) is 41.2 Å². The maximum atomic E-state index is 14.7. The molecule has 4 rings (SSSR count). The maximum absolute atomic E-state index is 14.7. The minimum absolute atomic E-state index is 0.313. The first-order chi connectivity index (χ1) is 16.5. The molecule has 0 radical (unpaired) electrons. The maximum Gasteiger partial charge on any atom is 0.246 e. The molecule has 0 atom stereocenters. The van der Waals surface area contributed by atoms with Crippen molar-refractivity contribution in [1.29, 1.82) is 0 Å². The van der Waals surface area contributed by atoms with Gasteiger partial charge in [0.1, 0.15) is 11.3 Å². The third kappa shape index (κ3) is 6.59. The molecule has 7 nitrogen and oxygen atoms in total. The van der Waals surface area contributed by atoms with Gasteiger partial charge in [0.2, 0.25) is 21.9 Å². The fraction of sp³-hybridized carbons (Fsp3) is 0.458. The zero-order chi connectivity index (χ0) is 25.2. The number of hydrogen-bond acceptors (Lipinski definition) is 6. The van der Waals surface area contributed by atoms with Crippen molar-refractivity contribution >= 4 is 32.7 Å². The van der Waals surface area contributed by atoms with E-state index in [1.807, 2.05) is 11.6 Å². The molecule has 0 unspecified atom stereocenters. The van der Waals surface area contributed by atoms with Crippen LogP contribution in [0.4, 0.5) is 24.8 Å². The predicted octanol–water partition coefficient (Wildman–Crippen LogP) is 5.67. The molecular weight excluding hydrogens is 479 g/mol. The van der Waals surface area contributed by atoms with Gasteiger partial charge in [-0.2, -0.15) is 0 Å². The van der Waals surface area contributed by atoms with Crippen LogP contribution in [0.1, 0.15) is 51.0 Å². The molecule has 2 N–H and O–H groups in total. The molecule has 11 heteroatoms. The van der Waals surface area contributed by atoms with E-state index in [4.69, 9.17) is 0 Å². The molecule has 2 heterocycles. The SMILES string of the molecule is Cc1cc(-c2ccc(NS(=O)(=O)CCC(C)(F)F)c(F)c2)nc2cnc(NC3CCCCC3)nc12. The number of aryl methyl sites for hydroxylation is 1. The number of fused-ring (bicyclic) bond motifs is 1. The summed E-state index contributed by atoms with van der Waals surface area (Å²) >= 11 is 0. The molecule has 0 amide bonds. The monoisotopic (exact) mass is 507 g/mol. The lowest BCUT2D eigenvalue weighted by atomic mass is 9.96. The molecule has 35 heavy (non-hydrogen) atoms. The van der Waals surface area contributed by atoms with Crippen molar-refractivity contribution in [3.63, 3.8) is 0 Å². The van der Waals surface area contributed by atoms with Crippen LogP contribution in [-0.4, -0.2) is 41.1 Å². The normalized spacial score (nSPS) is 15.3. The van der Waals surface area contributed by atoms with Crippen molar-refractivity contribution in [3.8, 4) is 11.3 Å². The number of nitrogens with zero attached hydrogens (tertiary/aromatic N) is 3. The molecule has 3 aromatic rings. The summed E-state index contributed by atoms with van der Waals surface area (Å²) in [7, 11) is -4.13. The lowest BCUT2D eigenvalue weighted by Crippen LogP contribution is -2.23. The highest BCUT2D eigenvalue weighted by molar-refractivity contribution is 7.92. The number of sulfonamides is 1. The Labute approximate surface area is 202 Å². The third-order valence-electron chi connectivity index (χ3n) is 6.02. The largest absolute Gasteiger partial charge is 0.351 e. The van der Waals surface area contributed by atoms with Gasteiger partial charge in [0, 0.05) is 18.0 Å². The third-order valence-corrected chi connectivity index (χ3v) is 7.29. The van der Waals surface area contributed by atoms with Crippen LogP contribution in [-0.2, 0) is 10.0 Å². The average molecular weight is 508 g/mol. The minimum Gasteiger partial charge on any atom is -0.351 e. The van der Waals surface area contributed by atoms with E-state index in [2.05, 4.69) is 20.3 Å². The first-order valence-corrected chi connectivity index (χ1v) is 13.2. The molecule has 188 valence electrons. The van der Waals surface area contributed by atoms with E-state index in [0.717, 1.165) is 24.5 Å². The number of aromatic nitrogens is 3. The van der Waals surface area contributed by atoms with E-state index >= 15 is 0 Å². The van der Waals surface area contributed by atoms with E-state index < -0.39 is 33.9 Å². The Kier molecular flexibility index (Phi) is 7.16. The van der Waals surface area contributed by atoms with Crippen LogP contribution in [0.25, 0.3) is 22.3 Å². The average Bonchev–Trinajstić information content (AvgIpc) is 2.80. The number of anilines is 2. The summed E-state index contributed by atoms with van der Waals surface area (Å²) in [6, 6.07) is 6.07. The Morgan fingerprint density at radius 2 is 1.86 bits per heavy atom. The lowest BCUT2D eigenvalue weighted by molar-refractivity contribution is 0.0189. The molecular formula is C24H28F3N5O2S. The predicted molar refractivity (Wildman–Crippen MR) is 131 cm³/mol. The van der Waals surface area contributed by atoms with Crippen LogP contribution in [0, 0.1) is 12.7 Å². The molecule has 2 aromatic heterocycles. The highest BCUT2D eigenvalue weighted by atomic mass is 32.2. The number of benzene rings is 1. The number of pyridine rings is 1. The summed E-state index contributed by atoms with van der Waals surface area (Å²) in [5.74, 6) is -4.23. The van der Waals surface area contributed by atoms with Crippen LogP contribution in [0.5, 0.6) is 0 Å². The van der Waals surface area contributed by atoms with Crippen LogP contribution < -0.4 is 10.0 Å². The van der Waals surface area contributed by atoms with Gasteiger partial charge in [-0.3, -0.25) is 4.72 Å². The van der Waals surface area contributed by atoms with E-state index in [9.17, 15) is 21.6 Å². The van der Waals surface area contributed by atoms with Crippen molar-refractivity contribution in [2.75, 3.05) is 15.8 Å². The van der Waals surface area contributed by atoms with Gasteiger partial charge in [-0.1, -0.05) is 25.3 Å². The summed E-state index contributed by atoms with van der Waals surface area (Å²) in [6.07, 6.45) is 6.62. The first-order valence-electron chi connectivity index (χ1n) is 11.6. The van der Waals surface area contributed by atoms with Crippen molar-refractivity contribution in [1.82, 2.24) is 15.0 Å². The smallest absolute Gasteiger partial charge is 0.246 e. The molecule has 1 aromatic carbocycles. The van der Waals surface area contributed by atoms with Gasteiger partial charge in [0.05, 0.1) is 28.8 Å². The Balaban J connectivity index is 1.53. The molecule has 1 fully saturated rings. The van der Waals surface area contributed by atoms with Crippen molar-refractivity contribution in [2.45, 2.75) is 64.3 Å². The molecule has 1 aliphatic rings. The fourth-order valence-corrected chi connectivity index (χ4v) is 5.35. The topological polar surface area (TPSA) is 96.9 Å². The number of halogens is 3. The van der Waals surface area contributed by atoms with E-state index in [1.54, 1.807) is 12.3 Å². The number of alkyl halides is 2. The fourth-order valence-electron chi connectivity index (χ4n) is 4.12. The lowest BCUT2D eigenvalue weighted by Gasteiger charge is -2.22. The van der Waals surface area contributed by atoms with Crippen LogP contribution in [0.15, 0.2) is 30.5 Å². The van der Waals surface area contributed by atoms with E-state index in [1.165, 1.54) is 31.4 Å². The van der Waals surface area contributed by atoms with E-state index in [-0.39, 0.29) is 5.69 Å². The van der Waals surface area contributed by atoms with Gasteiger partial charge in [0.15, 0.2) is 0 Å². The molecule has 0 spiro atoms. The zero-order valence-electron chi connectivity index (χ0n) is 19.6. The van der Waals surface area contributed by atoms with Gasteiger partial charge in [-0.15, -0.1) is 0 Å². The van der Waals surface area contributed by atoms with Gasteiger partial charge in [-0.25, -0.2) is 36.5 Å². The van der Waals surface area contributed by atoms with Gasteiger partial charge >= 0.3 is 0 Å².